The number of anilines is 2. The molecular formula is C17H21F2N3O2S. The molecule has 0 aromatic heterocycles. The highest BCUT2D eigenvalue weighted by Crippen LogP contribution is 2.59. The zero-order chi connectivity index (χ0) is 18.2. The number of hydrogen-bond donors (Lipinski definition) is 3. The van der Waals surface area contributed by atoms with Crippen molar-refractivity contribution < 1.29 is 17.9 Å². The maximum absolute atomic E-state index is 13.8. The first-order valence-corrected chi connectivity index (χ1v) is 9.40. The number of para-hydroxylation sites is 1. The molecule has 5 nitrogen and oxygen atoms in total. The molecule has 136 valence electrons. The van der Waals surface area contributed by atoms with E-state index in [9.17, 15) is 17.9 Å². The standard InChI is InChI=1S/C17H21F2N3O2S/c1-12(8-9-20)21-11-13-4-2-3-5-17(13)22(25(21,23)24)14-6-7-15(18)16(19)10-14/h2-7,10,12,23-24H,8-9,11,20H2,1H3. The first kappa shape index (κ1) is 18.1. The fraction of sp³-hybridized carbons (Fsp3) is 0.294. The number of nitrogens with two attached hydrogens (primary N) is 1. The molecule has 0 saturated carbocycles. The van der Waals surface area contributed by atoms with Crippen LogP contribution in [0.1, 0.15) is 18.9 Å². The van der Waals surface area contributed by atoms with Crippen molar-refractivity contribution in [1.29, 1.82) is 0 Å². The van der Waals surface area contributed by atoms with Gasteiger partial charge < -0.3 is 5.73 Å². The zero-order valence-corrected chi connectivity index (χ0v) is 14.6. The first-order valence-electron chi connectivity index (χ1n) is 7.94. The molecule has 1 heterocycles. The van der Waals surface area contributed by atoms with Gasteiger partial charge in [-0.05, 0) is 54.6 Å². The quantitative estimate of drug-likeness (QED) is 0.752. The average Bonchev–Trinajstić information content (AvgIpc) is 2.56. The smallest absolute Gasteiger partial charge is 0.160 e. The number of halogens is 2. The lowest BCUT2D eigenvalue weighted by Crippen LogP contribution is -2.46. The largest absolute Gasteiger partial charge is 0.330 e. The minimum atomic E-state index is -3.46. The number of benzene rings is 2. The summed E-state index contributed by atoms with van der Waals surface area (Å²) in [6, 6.07) is 10.3. The molecule has 0 radical (unpaired) electrons. The second-order valence-electron chi connectivity index (χ2n) is 6.01. The Labute approximate surface area is 147 Å². The average molecular weight is 369 g/mol. The van der Waals surface area contributed by atoms with Gasteiger partial charge in [0.05, 0.1) is 11.4 Å². The summed E-state index contributed by atoms with van der Waals surface area (Å²) in [5.74, 6) is -2.03. The van der Waals surface area contributed by atoms with Crippen LogP contribution in [0.5, 0.6) is 0 Å². The summed E-state index contributed by atoms with van der Waals surface area (Å²) >= 11 is 0. The summed E-state index contributed by atoms with van der Waals surface area (Å²) in [6.07, 6.45) is 0.573. The van der Waals surface area contributed by atoms with Crippen molar-refractivity contribution in [3.63, 3.8) is 0 Å². The number of nitrogens with zero attached hydrogens (tertiary/aromatic N) is 2. The molecule has 0 fully saturated rings. The van der Waals surface area contributed by atoms with Gasteiger partial charge in [0.15, 0.2) is 11.6 Å². The van der Waals surface area contributed by atoms with E-state index < -0.39 is 22.6 Å². The van der Waals surface area contributed by atoms with Gasteiger partial charge in [-0.2, -0.15) is 4.31 Å². The molecule has 1 atom stereocenters. The van der Waals surface area contributed by atoms with Gasteiger partial charge >= 0.3 is 0 Å². The van der Waals surface area contributed by atoms with Gasteiger partial charge in [0.25, 0.3) is 0 Å². The molecule has 1 aliphatic rings. The van der Waals surface area contributed by atoms with Crippen LogP contribution in [0.3, 0.4) is 0 Å². The molecule has 0 aliphatic carbocycles. The van der Waals surface area contributed by atoms with Crippen molar-refractivity contribution >= 4 is 22.3 Å². The van der Waals surface area contributed by atoms with E-state index >= 15 is 0 Å². The fourth-order valence-corrected chi connectivity index (χ4v) is 4.96. The topological polar surface area (TPSA) is 73.0 Å². The van der Waals surface area contributed by atoms with Crippen molar-refractivity contribution in [2.45, 2.75) is 25.9 Å². The second kappa shape index (κ2) is 6.89. The molecule has 4 N–H and O–H groups in total. The molecule has 0 spiro atoms. The van der Waals surface area contributed by atoms with E-state index in [1.807, 2.05) is 19.1 Å². The number of rotatable bonds is 4. The first-order chi connectivity index (χ1) is 11.9. The monoisotopic (exact) mass is 369 g/mol. The van der Waals surface area contributed by atoms with E-state index in [1.54, 1.807) is 16.4 Å². The molecule has 1 unspecified atom stereocenters. The maximum atomic E-state index is 13.8. The summed E-state index contributed by atoms with van der Waals surface area (Å²) in [4.78, 5) is 0. The zero-order valence-electron chi connectivity index (χ0n) is 13.8. The van der Waals surface area contributed by atoms with Crippen molar-refractivity contribution in [3.8, 4) is 0 Å². The molecule has 3 rings (SSSR count). The Morgan fingerprint density at radius 2 is 1.88 bits per heavy atom. The highest BCUT2D eigenvalue weighted by atomic mass is 32.3. The minimum absolute atomic E-state index is 0.177. The van der Waals surface area contributed by atoms with E-state index in [2.05, 4.69) is 0 Å². The SMILES string of the molecule is CC(CCN)N1Cc2ccccc2N(c2ccc(F)c(F)c2)S1(O)O. The Morgan fingerprint density at radius 3 is 2.56 bits per heavy atom. The summed E-state index contributed by atoms with van der Waals surface area (Å²) < 4.78 is 51.9. The van der Waals surface area contributed by atoms with Crippen LogP contribution in [0.15, 0.2) is 42.5 Å². The van der Waals surface area contributed by atoms with Crippen LogP contribution in [-0.2, 0) is 6.54 Å². The Bertz CT molecular complexity index is 775. The predicted molar refractivity (Wildman–Crippen MR) is 96.5 cm³/mol. The lowest BCUT2D eigenvalue weighted by Gasteiger charge is -2.55. The van der Waals surface area contributed by atoms with E-state index in [0.717, 1.165) is 17.7 Å². The number of fused-ring (bicyclic) bond motifs is 1. The van der Waals surface area contributed by atoms with Crippen LogP contribution >= 0.6 is 11.0 Å². The van der Waals surface area contributed by atoms with Gasteiger partial charge in [0.1, 0.15) is 0 Å². The third-order valence-electron chi connectivity index (χ3n) is 4.31. The molecule has 2 aromatic carbocycles. The lowest BCUT2D eigenvalue weighted by molar-refractivity contribution is 0.274. The van der Waals surface area contributed by atoms with Gasteiger partial charge in [0.2, 0.25) is 0 Å². The van der Waals surface area contributed by atoms with E-state index in [4.69, 9.17) is 5.73 Å². The third kappa shape index (κ3) is 3.23. The minimum Gasteiger partial charge on any atom is -0.330 e. The van der Waals surface area contributed by atoms with Gasteiger partial charge in [0, 0.05) is 18.7 Å². The Kier molecular flexibility index (Phi) is 4.99. The summed E-state index contributed by atoms with van der Waals surface area (Å²) in [5, 5.41) is 0. The molecule has 0 saturated heterocycles. The lowest BCUT2D eigenvalue weighted by atomic mass is 10.1. The van der Waals surface area contributed by atoms with Gasteiger partial charge in [-0.25, -0.2) is 13.1 Å². The molecule has 8 heteroatoms. The molecule has 0 amide bonds. The summed E-state index contributed by atoms with van der Waals surface area (Å²) in [6.45, 7) is 2.60. The van der Waals surface area contributed by atoms with Crippen LogP contribution in [0, 0.1) is 11.6 Å². The van der Waals surface area contributed by atoms with Crippen LogP contribution in [0.2, 0.25) is 0 Å². The van der Waals surface area contributed by atoms with E-state index in [1.165, 1.54) is 10.4 Å². The Morgan fingerprint density at radius 1 is 1.16 bits per heavy atom. The predicted octanol–water partition coefficient (Wildman–Crippen LogP) is 4.24. The third-order valence-corrected chi connectivity index (χ3v) is 6.33. The van der Waals surface area contributed by atoms with Crippen LogP contribution in [0.25, 0.3) is 0 Å². The van der Waals surface area contributed by atoms with Crippen LogP contribution in [-0.4, -0.2) is 26.0 Å². The van der Waals surface area contributed by atoms with Crippen molar-refractivity contribution in [2.75, 3.05) is 10.8 Å². The molecule has 25 heavy (non-hydrogen) atoms. The Hall–Kier alpha value is -1.71. The fourth-order valence-electron chi connectivity index (χ4n) is 3.01. The number of hydrogen-bond acceptors (Lipinski definition) is 5. The van der Waals surface area contributed by atoms with Gasteiger partial charge in [-0.3, -0.25) is 9.11 Å². The second-order valence-corrected chi connectivity index (χ2v) is 7.83. The molecular weight excluding hydrogens is 348 g/mol. The normalized spacial score (nSPS) is 19.4. The van der Waals surface area contributed by atoms with Crippen LogP contribution < -0.4 is 10.0 Å². The highest BCUT2D eigenvalue weighted by Gasteiger charge is 2.40. The highest BCUT2D eigenvalue weighted by molar-refractivity contribution is 8.23. The molecule has 2 aromatic rings. The summed E-state index contributed by atoms with van der Waals surface area (Å²) in [7, 11) is -3.46. The maximum Gasteiger partial charge on any atom is 0.160 e. The molecule has 1 aliphatic heterocycles. The van der Waals surface area contributed by atoms with Crippen molar-refractivity contribution in [1.82, 2.24) is 4.31 Å². The van der Waals surface area contributed by atoms with Gasteiger partial charge in [-0.15, -0.1) is 0 Å². The molecule has 0 bridgehead atoms. The van der Waals surface area contributed by atoms with E-state index in [-0.39, 0.29) is 11.7 Å². The van der Waals surface area contributed by atoms with E-state index in [0.29, 0.717) is 25.2 Å². The van der Waals surface area contributed by atoms with Crippen molar-refractivity contribution in [2.24, 2.45) is 5.73 Å². The van der Waals surface area contributed by atoms with Crippen LogP contribution in [0.4, 0.5) is 20.2 Å². The Balaban J connectivity index is 2.14. The summed E-state index contributed by atoms with van der Waals surface area (Å²) in [5.41, 5.74) is 7.22. The van der Waals surface area contributed by atoms with Crippen molar-refractivity contribution in [3.05, 3.63) is 59.7 Å². The van der Waals surface area contributed by atoms with Gasteiger partial charge in [-0.1, -0.05) is 18.2 Å².